The van der Waals surface area contributed by atoms with Gasteiger partial charge < -0.3 is 4.90 Å². The minimum atomic E-state index is 0.303. The van der Waals surface area contributed by atoms with E-state index in [0.717, 1.165) is 22.6 Å². The molecule has 0 fully saturated rings. The van der Waals surface area contributed by atoms with Gasteiger partial charge in [0.05, 0.1) is 46.3 Å². The van der Waals surface area contributed by atoms with Gasteiger partial charge in [0, 0.05) is 21.0 Å². The molecule has 0 radical (unpaired) electrons. The summed E-state index contributed by atoms with van der Waals surface area (Å²) in [6.45, 7) is 0. The molecule has 0 saturated heterocycles. The second-order valence-corrected chi connectivity index (χ2v) is 8.29. The third kappa shape index (κ3) is 3.17. The first-order chi connectivity index (χ1) is 15.7. The highest BCUT2D eigenvalue weighted by atomic mass is 32.2. The molecular weight excluding hydrogens is 412 g/mol. The second-order valence-electron chi connectivity index (χ2n) is 7.20. The summed E-state index contributed by atoms with van der Waals surface area (Å²) in [5, 5.41) is 28.4. The predicted molar refractivity (Wildman–Crippen MR) is 125 cm³/mol. The summed E-state index contributed by atoms with van der Waals surface area (Å²) < 4.78 is 0. The average Bonchev–Trinajstić information content (AvgIpc) is 2.86. The van der Waals surface area contributed by atoms with Gasteiger partial charge in [-0.1, -0.05) is 48.2 Å². The molecule has 4 nitrogen and oxygen atoms in total. The highest BCUT2D eigenvalue weighted by Gasteiger charge is 2.24. The van der Waals surface area contributed by atoms with Crippen LogP contribution < -0.4 is 4.90 Å². The zero-order valence-electron chi connectivity index (χ0n) is 16.8. The van der Waals surface area contributed by atoms with E-state index in [1.807, 2.05) is 54.6 Å². The van der Waals surface area contributed by atoms with E-state index in [1.165, 1.54) is 21.9 Å². The Morgan fingerprint density at radius 3 is 1.66 bits per heavy atom. The number of hydrogen-bond donors (Lipinski definition) is 0. The van der Waals surface area contributed by atoms with Gasteiger partial charge in [0.2, 0.25) is 0 Å². The Balaban J connectivity index is 1.64. The summed E-state index contributed by atoms with van der Waals surface area (Å²) >= 11 is 1.75. The fraction of sp³-hybridized carbons (Fsp3) is 0. The molecule has 1 heterocycles. The standard InChI is InChI=1S/C27H14N4S/c28-15-18-13-20(16-29)27(21(14-18)17-30)19-9-11-22(12-10-19)31-23-5-1-3-7-25(23)32-26-8-4-2-6-24(26)31/h1-14H. The molecule has 5 rings (SSSR count). The van der Waals surface area contributed by atoms with Crippen molar-refractivity contribution < 1.29 is 0 Å². The van der Waals surface area contributed by atoms with Crippen LogP contribution in [0.1, 0.15) is 16.7 Å². The van der Waals surface area contributed by atoms with Gasteiger partial charge in [-0.2, -0.15) is 15.8 Å². The third-order valence-corrected chi connectivity index (χ3v) is 6.49. The molecule has 1 aliphatic heterocycles. The van der Waals surface area contributed by atoms with Gasteiger partial charge in [-0.25, -0.2) is 0 Å². The average molecular weight is 427 g/mol. The van der Waals surface area contributed by atoms with Crippen molar-refractivity contribution in [1.82, 2.24) is 0 Å². The van der Waals surface area contributed by atoms with Crippen molar-refractivity contribution in [3.63, 3.8) is 0 Å². The van der Waals surface area contributed by atoms with Crippen LogP contribution >= 0.6 is 11.8 Å². The van der Waals surface area contributed by atoms with E-state index in [4.69, 9.17) is 0 Å². The Morgan fingerprint density at radius 2 is 1.16 bits per heavy atom. The van der Waals surface area contributed by atoms with Crippen LogP contribution in [-0.2, 0) is 0 Å². The van der Waals surface area contributed by atoms with Gasteiger partial charge in [0.1, 0.15) is 0 Å². The Kier molecular flexibility index (Phi) is 4.85. The normalized spacial score (nSPS) is 11.5. The molecule has 0 bridgehead atoms. The molecule has 0 spiro atoms. The van der Waals surface area contributed by atoms with Gasteiger partial charge in [0.25, 0.3) is 0 Å². The van der Waals surface area contributed by atoms with Gasteiger partial charge >= 0.3 is 0 Å². The monoisotopic (exact) mass is 426 g/mol. The van der Waals surface area contributed by atoms with E-state index < -0.39 is 0 Å². The maximum atomic E-state index is 9.62. The van der Waals surface area contributed by atoms with Crippen LogP contribution in [-0.4, -0.2) is 0 Å². The third-order valence-electron chi connectivity index (χ3n) is 5.35. The Bertz CT molecular complexity index is 1400. The summed E-state index contributed by atoms with van der Waals surface area (Å²) in [6, 6.07) is 33.8. The molecule has 32 heavy (non-hydrogen) atoms. The topological polar surface area (TPSA) is 74.6 Å². The van der Waals surface area contributed by atoms with Crippen molar-refractivity contribution in [2.24, 2.45) is 0 Å². The van der Waals surface area contributed by atoms with Gasteiger partial charge in [0.15, 0.2) is 0 Å². The van der Waals surface area contributed by atoms with Crippen molar-refractivity contribution in [2.45, 2.75) is 9.79 Å². The van der Waals surface area contributed by atoms with E-state index >= 15 is 0 Å². The van der Waals surface area contributed by atoms with Crippen LogP contribution in [0.25, 0.3) is 11.1 Å². The predicted octanol–water partition coefficient (Wildman–Crippen LogP) is 6.90. The van der Waals surface area contributed by atoms with Crippen LogP contribution in [0.2, 0.25) is 0 Å². The molecule has 0 amide bonds. The summed E-state index contributed by atoms with van der Waals surface area (Å²) in [5.74, 6) is 0. The summed E-state index contributed by atoms with van der Waals surface area (Å²) in [5.41, 5.74) is 5.46. The highest BCUT2D eigenvalue weighted by molar-refractivity contribution is 7.99. The van der Waals surface area contributed by atoms with E-state index in [2.05, 4.69) is 41.3 Å². The zero-order valence-corrected chi connectivity index (χ0v) is 17.6. The lowest BCUT2D eigenvalue weighted by molar-refractivity contribution is 1.17. The number of para-hydroxylation sites is 2. The molecule has 1 aliphatic rings. The molecule has 0 aliphatic carbocycles. The number of nitriles is 3. The van der Waals surface area contributed by atoms with Crippen LogP contribution in [0.4, 0.5) is 17.1 Å². The fourth-order valence-electron chi connectivity index (χ4n) is 3.95. The molecule has 4 aromatic carbocycles. The van der Waals surface area contributed by atoms with Gasteiger partial charge in [-0.05, 0) is 54.1 Å². The van der Waals surface area contributed by atoms with Crippen molar-refractivity contribution in [1.29, 1.82) is 15.8 Å². The minimum Gasteiger partial charge on any atom is -0.308 e. The molecule has 0 saturated carbocycles. The van der Waals surface area contributed by atoms with Crippen molar-refractivity contribution in [2.75, 3.05) is 4.90 Å². The van der Waals surface area contributed by atoms with Crippen LogP contribution in [0, 0.1) is 34.0 Å². The number of hydrogen-bond acceptors (Lipinski definition) is 5. The lowest BCUT2D eigenvalue weighted by atomic mass is 9.93. The van der Waals surface area contributed by atoms with Gasteiger partial charge in [-0.3, -0.25) is 0 Å². The second kappa shape index (κ2) is 7.97. The molecule has 0 N–H and O–H groups in total. The maximum absolute atomic E-state index is 9.62. The zero-order chi connectivity index (χ0) is 22.1. The quantitative estimate of drug-likeness (QED) is 0.307. The summed E-state index contributed by atoms with van der Waals surface area (Å²) in [6.07, 6.45) is 0. The minimum absolute atomic E-state index is 0.303. The Hall–Kier alpha value is -4.50. The van der Waals surface area contributed by atoms with Crippen molar-refractivity contribution >= 4 is 28.8 Å². The number of fused-ring (bicyclic) bond motifs is 2. The first-order valence-corrected chi connectivity index (χ1v) is 10.7. The molecule has 0 aromatic heterocycles. The Morgan fingerprint density at radius 1 is 0.625 bits per heavy atom. The van der Waals surface area contributed by atoms with E-state index in [1.54, 1.807) is 11.8 Å². The number of benzene rings is 4. The molecule has 5 heteroatoms. The lowest BCUT2D eigenvalue weighted by Gasteiger charge is -2.32. The van der Waals surface area contributed by atoms with Crippen molar-refractivity contribution in [3.8, 4) is 29.3 Å². The Labute approximate surface area is 190 Å². The molecule has 148 valence electrons. The largest absolute Gasteiger partial charge is 0.308 e. The van der Waals surface area contributed by atoms with Crippen LogP contribution in [0.5, 0.6) is 0 Å². The lowest BCUT2D eigenvalue weighted by Crippen LogP contribution is -2.14. The number of nitrogens with zero attached hydrogens (tertiary/aromatic N) is 4. The molecular formula is C27H14N4S. The van der Waals surface area contributed by atoms with Crippen LogP contribution in [0.15, 0.2) is 94.7 Å². The van der Waals surface area contributed by atoms with E-state index in [-0.39, 0.29) is 0 Å². The van der Waals surface area contributed by atoms with E-state index in [9.17, 15) is 15.8 Å². The number of anilines is 3. The SMILES string of the molecule is N#Cc1cc(C#N)c(-c2ccc(N3c4ccccc4Sc4ccccc43)cc2)c(C#N)c1. The van der Waals surface area contributed by atoms with Gasteiger partial charge in [-0.15, -0.1) is 0 Å². The first-order valence-electron chi connectivity index (χ1n) is 9.88. The van der Waals surface area contributed by atoms with E-state index in [0.29, 0.717) is 22.3 Å². The maximum Gasteiger partial charge on any atom is 0.0999 e. The molecule has 4 aromatic rings. The summed E-state index contributed by atoms with van der Waals surface area (Å²) in [4.78, 5) is 4.59. The highest BCUT2D eigenvalue weighted by Crippen LogP contribution is 2.51. The molecule has 0 atom stereocenters. The summed E-state index contributed by atoms with van der Waals surface area (Å²) in [7, 11) is 0. The smallest absolute Gasteiger partial charge is 0.0999 e. The molecule has 0 unspecified atom stereocenters. The first kappa shape index (κ1) is 19.5. The van der Waals surface area contributed by atoms with Crippen LogP contribution in [0.3, 0.4) is 0 Å². The van der Waals surface area contributed by atoms with Crippen molar-refractivity contribution in [3.05, 3.63) is 102 Å². The number of rotatable bonds is 2. The fourth-order valence-corrected chi connectivity index (χ4v) is 5.01.